The van der Waals surface area contributed by atoms with Gasteiger partial charge in [0.15, 0.2) is 0 Å². The lowest BCUT2D eigenvalue weighted by Gasteiger charge is -2.08. The molecule has 0 bridgehead atoms. The van der Waals surface area contributed by atoms with Gasteiger partial charge in [-0.2, -0.15) is 26.7 Å². The molecule has 0 unspecified atom stereocenters. The van der Waals surface area contributed by atoms with Crippen molar-refractivity contribution in [2.75, 3.05) is 35.4 Å². The zero-order chi connectivity index (χ0) is 14.9. The SMILES string of the molecule is NNc1nc(NCCSCCCO)nc(-n2ccnc2)n1. The van der Waals surface area contributed by atoms with Crippen molar-refractivity contribution >= 4 is 23.7 Å². The lowest BCUT2D eigenvalue weighted by molar-refractivity contribution is 0.296. The minimum absolute atomic E-state index is 0.230. The quantitative estimate of drug-likeness (QED) is 0.284. The molecule has 114 valence electrons. The number of aliphatic hydroxyl groups is 1. The van der Waals surface area contributed by atoms with Gasteiger partial charge in [-0.25, -0.2) is 10.8 Å². The summed E-state index contributed by atoms with van der Waals surface area (Å²) in [5.74, 6) is 8.37. The Labute approximate surface area is 126 Å². The van der Waals surface area contributed by atoms with E-state index in [1.165, 1.54) is 0 Å². The summed E-state index contributed by atoms with van der Waals surface area (Å²) < 4.78 is 1.67. The molecule has 0 spiro atoms. The van der Waals surface area contributed by atoms with Gasteiger partial charge in [-0.1, -0.05) is 0 Å². The van der Waals surface area contributed by atoms with E-state index in [4.69, 9.17) is 10.9 Å². The second-order valence-corrected chi connectivity index (χ2v) is 5.24. The van der Waals surface area contributed by atoms with Crippen molar-refractivity contribution in [2.24, 2.45) is 5.84 Å². The molecule has 21 heavy (non-hydrogen) atoms. The summed E-state index contributed by atoms with van der Waals surface area (Å²) in [6.45, 7) is 0.946. The summed E-state index contributed by atoms with van der Waals surface area (Å²) in [6, 6.07) is 0. The highest BCUT2D eigenvalue weighted by molar-refractivity contribution is 7.99. The normalized spacial score (nSPS) is 10.6. The predicted molar refractivity (Wildman–Crippen MR) is 82.3 cm³/mol. The monoisotopic (exact) mass is 310 g/mol. The van der Waals surface area contributed by atoms with Crippen molar-refractivity contribution in [2.45, 2.75) is 6.42 Å². The number of nitrogens with one attached hydrogen (secondary N) is 2. The van der Waals surface area contributed by atoms with Crippen LogP contribution in [0.25, 0.3) is 5.95 Å². The lowest BCUT2D eigenvalue weighted by atomic mass is 10.5. The van der Waals surface area contributed by atoms with Gasteiger partial charge >= 0.3 is 0 Å². The molecule has 2 heterocycles. The van der Waals surface area contributed by atoms with Gasteiger partial charge in [0.25, 0.3) is 0 Å². The Balaban J connectivity index is 1.94. The smallest absolute Gasteiger partial charge is 0.243 e. The Morgan fingerprint density at radius 2 is 2.10 bits per heavy atom. The summed E-state index contributed by atoms with van der Waals surface area (Å²) in [4.78, 5) is 16.6. The number of nitrogens with zero attached hydrogens (tertiary/aromatic N) is 5. The largest absolute Gasteiger partial charge is 0.396 e. The highest BCUT2D eigenvalue weighted by atomic mass is 32.2. The molecule has 2 rings (SSSR count). The molecule has 0 saturated carbocycles. The highest BCUT2D eigenvalue weighted by Crippen LogP contribution is 2.09. The Morgan fingerprint density at radius 1 is 1.24 bits per heavy atom. The zero-order valence-corrected chi connectivity index (χ0v) is 12.3. The van der Waals surface area contributed by atoms with Gasteiger partial charge < -0.3 is 10.4 Å². The minimum Gasteiger partial charge on any atom is -0.396 e. The van der Waals surface area contributed by atoms with Crippen LogP contribution in [0, 0.1) is 0 Å². The molecule has 5 N–H and O–H groups in total. The Kier molecular flexibility index (Phi) is 6.19. The summed E-state index contributed by atoms with van der Waals surface area (Å²) in [5, 5.41) is 11.8. The summed E-state index contributed by atoms with van der Waals surface area (Å²) >= 11 is 1.76. The minimum atomic E-state index is 0.230. The molecular formula is C11H18N8OS. The van der Waals surface area contributed by atoms with E-state index in [1.54, 1.807) is 35.0 Å². The number of nitrogen functional groups attached to an aromatic ring is 1. The Hall–Kier alpha value is -1.91. The van der Waals surface area contributed by atoms with Gasteiger partial charge in [0, 0.05) is 31.3 Å². The first kappa shape index (κ1) is 15.5. The fraction of sp³-hybridized carbons (Fsp3) is 0.455. The highest BCUT2D eigenvalue weighted by Gasteiger charge is 2.06. The number of hydrogen-bond donors (Lipinski definition) is 4. The van der Waals surface area contributed by atoms with Gasteiger partial charge in [-0.15, -0.1) is 0 Å². The molecule has 10 heteroatoms. The van der Waals surface area contributed by atoms with Gasteiger partial charge in [-0.3, -0.25) is 9.99 Å². The van der Waals surface area contributed by atoms with Crippen LogP contribution in [0.3, 0.4) is 0 Å². The predicted octanol–water partition coefficient (Wildman–Crippen LogP) is -0.130. The number of hydrazine groups is 1. The van der Waals surface area contributed by atoms with Crippen molar-refractivity contribution < 1.29 is 5.11 Å². The van der Waals surface area contributed by atoms with Crippen LogP contribution in [0.15, 0.2) is 18.7 Å². The molecular weight excluding hydrogens is 292 g/mol. The molecule has 0 aliphatic rings. The molecule has 0 amide bonds. The van der Waals surface area contributed by atoms with E-state index in [2.05, 4.69) is 30.7 Å². The first-order chi connectivity index (χ1) is 10.3. The van der Waals surface area contributed by atoms with Crippen LogP contribution in [0.2, 0.25) is 0 Å². The maximum absolute atomic E-state index is 8.70. The fourth-order valence-electron chi connectivity index (χ4n) is 1.50. The molecule has 0 saturated heterocycles. The van der Waals surface area contributed by atoms with Crippen LogP contribution in [0.1, 0.15) is 6.42 Å². The van der Waals surface area contributed by atoms with Crippen LogP contribution in [0.4, 0.5) is 11.9 Å². The number of rotatable bonds is 9. The van der Waals surface area contributed by atoms with E-state index >= 15 is 0 Å². The summed E-state index contributed by atoms with van der Waals surface area (Å²) in [7, 11) is 0. The molecule has 2 aromatic rings. The van der Waals surface area contributed by atoms with Gasteiger partial charge in [0.05, 0.1) is 0 Å². The third-order valence-electron chi connectivity index (χ3n) is 2.46. The summed E-state index contributed by atoms with van der Waals surface area (Å²) in [5.41, 5.74) is 2.42. The van der Waals surface area contributed by atoms with Crippen molar-refractivity contribution in [3.63, 3.8) is 0 Å². The maximum Gasteiger partial charge on any atom is 0.243 e. The van der Waals surface area contributed by atoms with Crippen LogP contribution >= 0.6 is 11.8 Å². The van der Waals surface area contributed by atoms with Crippen molar-refractivity contribution in [1.82, 2.24) is 24.5 Å². The topological polar surface area (TPSA) is 127 Å². The van der Waals surface area contributed by atoms with Gasteiger partial charge in [0.1, 0.15) is 6.33 Å². The molecule has 0 aliphatic carbocycles. The van der Waals surface area contributed by atoms with E-state index in [9.17, 15) is 0 Å². The second-order valence-electron chi connectivity index (χ2n) is 4.01. The second kappa shape index (κ2) is 8.39. The number of hydrogen-bond acceptors (Lipinski definition) is 9. The Morgan fingerprint density at radius 3 is 2.81 bits per heavy atom. The average molecular weight is 310 g/mol. The van der Waals surface area contributed by atoms with E-state index in [0.29, 0.717) is 18.4 Å². The lowest BCUT2D eigenvalue weighted by Crippen LogP contribution is -2.16. The number of nitrogens with two attached hydrogens (primary N) is 1. The molecule has 0 fully saturated rings. The zero-order valence-electron chi connectivity index (χ0n) is 11.4. The third kappa shape index (κ3) is 4.85. The van der Waals surface area contributed by atoms with Crippen LogP contribution in [0.5, 0.6) is 0 Å². The van der Waals surface area contributed by atoms with Crippen LogP contribution in [-0.4, -0.2) is 54.3 Å². The van der Waals surface area contributed by atoms with Gasteiger partial charge in [0.2, 0.25) is 17.8 Å². The molecule has 0 aromatic carbocycles. The third-order valence-corrected chi connectivity index (χ3v) is 3.53. The first-order valence-corrected chi connectivity index (χ1v) is 7.62. The van der Waals surface area contributed by atoms with Gasteiger partial charge in [-0.05, 0) is 12.2 Å². The average Bonchev–Trinajstić information content (AvgIpc) is 3.05. The van der Waals surface area contributed by atoms with Crippen molar-refractivity contribution in [3.05, 3.63) is 18.7 Å². The molecule has 0 aliphatic heterocycles. The Bertz CT molecular complexity index is 535. The number of imidazole rings is 1. The van der Waals surface area contributed by atoms with E-state index in [0.717, 1.165) is 17.9 Å². The maximum atomic E-state index is 8.70. The van der Waals surface area contributed by atoms with E-state index in [1.807, 2.05) is 0 Å². The van der Waals surface area contributed by atoms with E-state index < -0.39 is 0 Å². The van der Waals surface area contributed by atoms with Crippen LogP contribution in [-0.2, 0) is 0 Å². The number of aromatic nitrogens is 5. The number of thioether (sulfide) groups is 1. The molecule has 0 radical (unpaired) electrons. The van der Waals surface area contributed by atoms with Crippen molar-refractivity contribution in [3.8, 4) is 5.95 Å². The molecule has 0 atom stereocenters. The fourth-order valence-corrected chi connectivity index (χ4v) is 2.29. The van der Waals surface area contributed by atoms with Crippen molar-refractivity contribution in [1.29, 1.82) is 0 Å². The number of anilines is 2. The molecule has 2 aromatic heterocycles. The van der Waals surface area contributed by atoms with E-state index in [-0.39, 0.29) is 12.6 Å². The first-order valence-electron chi connectivity index (χ1n) is 6.47. The number of aliphatic hydroxyl groups excluding tert-OH is 1. The standard InChI is InChI=1S/C11H18N8OS/c12-18-10-15-9(14-3-7-21-6-1-5-20)16-11(17-10)19-4-2-13-8-19/h2,4,8,20H,1,3,5-7,12H2,(H2,14,15,16,17,18). The van der Waals surface area contributed by atoms with Crippen LogP contribution < -0.4 is 16.6 Å². The summed E-state index contributed by atoms with van der Waals surface area (Å²) in [6.07, 6.45) is 5.79. The molecule has 9 nitrogen and oxygen atoms in total.